The van der Waals surface area contributed by atoms with E-state index in [0.29, 0.717) is 24.4 Å². The lowest BCUT2D eigenvalue weighted by molar-refractivity contribution is -0.130. The normalized spacial score (nSPS) is 14.4. The van der Waals surface area contributed by atoms with E-state index < -0.39 is 0 Å². The number of hydrogen-bond acceptors (Lipinski definition) is 3. The molecule has 0 bridgehead atoms. The Labute approximate surface area is 188 Å². The molecular weight excluding hydrogens is 408 g/mol. The van der Waals surface area contributed by atoms with Gasteiger partial charge in [-0.2, -0.15) is 0 Å². The predicted octanol–water partition coefficient (Wildman–Crippen LogP) is 6.02. The maximum absolute atomic E-state index is 12.5. The van der Waals surface area contributed by atoms with Crippen LogP contribution in [0.2, 0.25) is 5.02 Å². The van der Waals surface area contributed by atoms with E-state index in [1.165, 1.54) is 0 Å². The molecule has 1 amide bonds. The van der Waals surface area contributed by atoms with Crippen molar-refractivity contribution >= 4 is 17.5 Å². The number of amides is 1. The second kappa shape index (κ2) is 9.97. The van der Waals surface area contributed by atoms with Crippen LogP contribution in [0.25, 0.3) is 22.4 Å². The molecule has 0 atom stereocenters. The summed E-state index contributed by atoms with van der Waals surface area (Å²) in [6.07, 6.45) is 4.58. The lowest BCUT2D eigenvalue weighted by atomic mass is 10.00. The number of benzene rings is 2. The smallest absolute Gasteiger partial charge is 0.222 e. The second-order valence-corrected chi connectivity index (χ2v) is 8.30. The SMILES string of the molecule is COc1ccc(-c2ccc(-c3ccc(Cl)cc3)nc2CCN2CCCCCC2=O)cc1. The van der Waals surface area contributed by atoms with E-state index in [-0.39, 0.29) is 5.91 Å². The second-order valence-electron chi connectivity index (χ2n) is 7.87. The fourth-order valence-electron chi connectivity index (χ4n) is 4.02. The summed E-state index contributed by atoms with van der Waals surface area (Å²) < 4.78 is 5.30. The maximum atomic E-state index is 12.5. The van der Waals surface area contributed by atoms with Crippen LogP contribution < -0.4 is 4.74 Å². The first-order chi connectivity index (χ1) is 15.1. The average Bonchev–Trinajstić information content (AvgIpc) is 3.02. The number of nitrogens with zero attached hydrogens (tertiary/aromatic N) is 2. The van der Waals surface area contributed by atoms with Gasteiger partial charge in [0.05, 0.1) is 18.5 Å². The lowest BCUT2D eigenvalue weighted by Crippen LogP contribution is -2.32. The first kappa shape index (κ1) is 21.4. The molecule has 0 radical (unpaired) electrons. The Balaban J connectivity index is 1.66. The summed E-state index contributed by atoms with van der Waals surface area (Å²) in [5, 5.41) is 0.707. The predicted molar refractivity (Wildman–Crippen MR) is 125 cm³/mol. The van der Waals surface area contributed by atoms with Crippen LogP contribution in [-0.2, 0) is 11.2 Å². The molecule has 1 aliphatic rings. The van der Waals surface area contributed by atoms with Crippen LogP contribution in [0.3, 0.4) is 0 Å². The average molecular weight is 435 g/mol. The number of pyridine rings is 1. The monoisotopic (exact) mass is 434 g/mol. The first-order valence-corrected chi connectivity index (χ1v) is 11.2. The van der Waals surface area contributed by atoms with Crippen molar-refractivity contribution in [1.82, 2.24) is 9.88 Å². The van der Waals surface area contributed by atoms with Gasteiger partial charge in [-0.3, -0.25) is 9.78 Å². The summed E-state index contributed by atoms with van der Waals surface area (Å²) in [7, 11) is 1.67. The zero-order chi connectivity index (χ0) is 21.6. The van der Waals surface area contributed by atoms with Crippen LogP contribution in [0, 0.1) is 0 Å². The highest BCUT2D eigenvalue weighted by Crippen LogP contribution is 2.29. The highest BCUT2D eigenvalue weighted by molar-refractivity contribution is 6.30. The highest BCUT2D eigenvalue weighted by atomic mass is 35.5. The summed E-state index contributed by atoms with van der Waals surface area (Å²) in [4.78, 5) is 19.5. The molecule has 2 aromatic carbocycles. The van der Waals surface area contributed by atoms with Crippen molar-refractivity contribution in [2.24, 2.45) is 0 Å². The first-order valence-electron chi connectivity index (χ1n) is 10.8. The van der Waals surface area contributed by atoms with Gasteiger partial charge in [0.25, 0.3) is 0 Å². The van der Waals surface area contributed by atoms with E-state index >= 15 is 0 Å². The van der Waals surface area contributed by atoms with Gasteiger partial charge in [-0.15, -0.1) is 0 Å². The van der Waals surface area contributed by atoms with Crippen molar-refractivity contribution in [1.29, 1.82) is 0 Å². The number of likely N-dealkylation sites (tertiary alicyclic amines) is 1. The van der Waals surface area contributed by atoms with Gasteiger partial charge < -0.3 is 9.64 Å². The Morgan fingerprint density at radius 1 is 0.935 bits per heavy atom. The van der Waals surface area contributed by atoms with Gasteiger partial charge in [0, 0.05) is 42.1 Å². The largest absolute Gasteiger partial charge is 0.497 e. The fourth-order valence-corrected chi connectivity index (χ4v) is 4.15. The molecule has 5 heteroatoms. The molecule has 160 valence electrons. The van der Waals surface area contributed by atoms with Crippen LogP contribution in [0.5, 0.6) is 5.75 Å². The van der Waals surface area contributed by atoms with Crippen molar-refractivity contribution < 1.29 is 9.53 Å². The van der Waals surface area contributed by atoms with Gasteiger partial charge in [-0.05, 0) is 48.7 Å². The zero-order valence-electron chi connectivity index (χ0n) is 17.8. The Kier molecular flexibility index (Phi) is 6.88. The Hall–Kier alpha value is -2.85. The van der Waals surface area contributed by atoms with E-state index in [2.05, 4.69) is 18.2 Å². The summed E-state index contributed by atoms with van der Waals surface area (Å²) in [6.45, 7) is 1.53. The van der Waals surface area contributed by atoms with Crippen LogP contribution in [0.15, 0.2) is 60.7 Å². The van der Waals surface area contributed by atoms with Crippen LogP contribution in [-0.4, -0.2) is 36.0 Å². The van der Waals surface area contributed by atoms with Crippen molar-refractivity contribution in [3.05, 3.63) is 71.4 Å². The number of carbonyl (C=O) groups excluding carboxylic acids is 1. The molecule has 1 fully saturated rings. The van der Waals surface area contributed by atoms with Crippen molar-refractivity contribution in [2.75, 3.05) is 20.2 Å². The lowest BCUT2D eigenvalue weighted by Gasteiger charge is -2.21. The molecule has 1 saturated heterocycles. The van der Waals surface area contributed by atoms with Gasteiger partial charge in [-0.25, -0.2) is 0 Å². The fraction of sp³-hybridized carbons (Fsp3) is 0.308. The molecule has 0 saturated carbocycles. The summed E-state index contributed by atoms with van der Waals surface area (Å²) in [5.74, 6) is 1.09. The molecule has 0 aliphatic carbocycles. The number of ether oxygens (including phenoxy) is 1. The van der Waals surface area contributed by atoms with Crippen LogP contribution in [0.4, 0.5) is 0 Å². The Bertz CT molecular complexity index is 1030. The van der Waals surface area contributed by atoms with Gasteiger partial charge in [0.15, 0.2) is 0 Å². The Morgan fingerprint density at radius 2 is 1.68 bits per heavy atom. The molecule has 4 nitrogen and oxygen atoms in total. The number of hydrogen-bond donors (Lipinski definition) is 0. The summed E-state index contributed by atoms with van der Waals surface area (Å²) >= 11 is 6.06. The van der Waals surface area contributed by atoms with Crippen LogP contribution >= 0.6 is 11.6 Å². The third-order valence-electron chi connectivity index (χ3n) is 5.81. The van der Waals surface area contributed by atoms with Crippen molar-refractivity contribution in [3.63, 3.8) is 0 Å². The van der Waals surface area contributed by atoms with Gasteiger partial charge in [0.1, 0.15) is 5.75 Å². The number of methoxy groups -OCH3 is 1. The minimum absolute atomic E-state index is 0.261. The minimum Gasteiger partial charge on any atom is -0.497 e. The van der Waals surface area contributed by atoms with E-state index in [0.717, 1.165) is 59.6 Å². The number of halogens is 1. The third kappa shape index (κ3) is 5.26. The molecule has 31 heavy (non-hydrogen) atoms. The molecule has 1 aromatic heterocycles. The van der Waals surface area contributed by atoms with Crippen molar-refractivity contribution in [2.45, 2.75) is 32.1 Å². The van der Waals surface area contributed by atoms with Gasteiger partial charge in [0.2, 0.25) is 5.91 Å². The summed E-state index contributed by atoms with van der Waals surface area (Å²) in [5.41, 5.74) is 5.11. The number of rotatable bonds is 6. The quantitative estimate of drug-likeness (QED) is 0.476. The molecular formula is C26H27ClN2O2. The van der Waals surface area contributed by atoms with E-state index in [4.69, 9.17) is 21.3 Å². The molecule has 4 rings (SSSR count). The molecule has 0 N–H and O–H groups in total. The zero-order valence-corrected chi connectivity index (χ0v) is 18.6. The molecule has 3 aromatic rings. The van der Waals surface area contributed by atoms with Gasteiger partial charge >= 0.3 is 0 Å². The van der Waals surface area contributed by atoms with E-state index in [9.17, 15) is 4.79 Å². The maximum Gasteiger partial charge on any atom is 0.222 e. The van der Waals surface area contributed by atoms with E-state index in [1.807, 2.05) is 47.4 Å². The van der Waals surface area contributed by atoms with E-state index in [1.54, 1.807) is 7.11 Å². The standard InChI is InChI=1S/C26H27ClN2O2/c1-31-22-12-8-19(9-13-22)23-14-15-24(20-6-10-21(27)11-7-20)28-25(23)16-18-29-17-4-2-3-5-26(29)30/h6-15H,2-5,16-18H2,1H3. The third-order valence-corrected chi connectivity index (χ3v) is 6.06. The molecule has 2 heterocycles. The number of carbonyl (C=O) groups is 1. The molecule has 0 spiro atoms. The Morgan fingerprint density at radius 3 is 2.42 bits per heavy atom. The topological polar surface area (TPSA) is 42.4 Å². The molecule has 1 aliphatic heterocycles. The minimum atomic E-state index is 0.261. The number of aromatic nitrogens is 1. The summed E-state index contributed by atoms with van der Waals surface area (Å²) in [6, 6.07) is 19.9. The van der Waals surface area contributed by atoms with Gasteiger partial charge in [-0.1, -0.05) is 48.4 Å². The highest BCUT2D eigenvalue weighted by Gasteiger charge is 2.18. The molecule has 0 unspecified atom stereocenters. The van der Waals surface area contributed by atoms with Crippen molar-refractivity contribution in [3.8, 4) is 28.1 Å². The van der Waals surface area contributed by atoms with Crippen LogP contribution in [0.1, 0.15) is 31.4 Å².